The quantitative estimate of drug-likeness (QED) is 0.693. The van der Waals surface area contributed by atoms with E-state index in [0.29, 0.717) is 24.3 Å². The Hall–Kier alpha value is -2.90. The van der Waals surface area contributed by atoms with Gasteiger partial charge in [0.25, 0.3) is 5.91 Å². The second-order valence-corrected chi connectivity index (χ2v) is 7.32. The number of likely N-dealkylation sites (tertiary alicyclic amines) is 1. The van der Waals surface area contributed by atoms with Crippen molar-refractivity contribution in [2.24, 2.45) is 0 Å². The van der Waals surface area contributed by atoms with Crippen LogP contribution in [0.4, 0.5) is 0 Å². The van der Waals surface area contributed by atoms with Crippen molar-refractivity contribution in [1.82, 2.24) is 29.4 Å². The first-order valence-corrected chi connectivity index (χ1v) is 9.53. The fourth-order valence-electron chi connectivity index (χ4n) is 3.89. The van der Waals surface area contributed by atoms with E-state index in [-0.39, 0.29) is 5.91 Å². The van der Waals surface area contributed by atoms with E-state index in [0.717, 1.165) is 37.6 Å². The summed E-state index contributed by atoms with van der Waals surface area (Å²) in [6.45, 7) is 2.08. The summed E-state index contributed by atoms with van der Waals surface area (Å²) in [4.78, 5) is 14.3. The van der Waals surface area contributed by atoms with Gasteiger partial charge in [-0.25, -0.2) is 0 Å². The first-order valence-electron chi connectivity index (χ1n) is 9.53. The summed E-state index contributed by atoms with van der Waals surface area (Å²) in [6.07, 6.45) is 9.45. The highest BCUT2D eigenvalue weighted by Crippen LogP contribution is 2.40. The standard InChI is InChI=1S/C19H22N6O2/c26-19(16-3-1-12-27-16)23-10-6-14(7-11-23)18-22-21-17(25(18)15-4-5-15)13-24-9-2-8-20-24/h1-3,8-9,12,14-15H,4-7,10-11,13H2. The molecule has 0 unspecified atom stereocenters. The first kappa shape index (κ1) is 16.3. The number of rotatable bonds is 5. The lowest BCUT2D eigenvalue weighted by atomic mass is 9.95. The Labute approximate surface area is 156 Å². The number of furan rings is 1. The van der Waals surface area contributed by atoms with Gasteiger partial charge in [0.15, 0.2) is 11.6 Å². The van der Waals surface area contributed by atoms with Crippen LogP contribution in [0.25, 0.3) is 0 Å². The molecular formula is C19H22N6O2. The maximum absolute atomic E-state index is 12.5. The molecule has 4 heterocycles. The number of aromatic nitrogens is 5. The monoisotopic (exact) mass is 366 g/mol. The van der Waals surface area contributed by atoms with E-state index in [1.54, 1.807) is 24.6 Å². The third-order valence-electron chi connectivity index (χ3n) is 5.45. The van der Waals surface area contributed by atoms with Crippen LogP contribution in [0.1, 0.15) is 59.8 Å². The average molecular weight is 366 g/mol. The first-order chi connectivity index (χ1) is 13.3. The third-order valence-corrected chi connectivity index (χ3v) is 5.45. The minimum Gasteiger partial charge on any atom is -0.459 e. The van der Waals surface area contributed by atoms with E-state index in [2.05, 4.69) is 19.9 Å². The molecule has 0 aromatic carbocycles. The second kappa shape index (κ2) is 6.68. The van der Waals surface area contributed by atoms with Crippen molar-refractivity contribution in [3.8, 4) is 0 Å². The molecule has 0 spiro atoms. The van der Waals surface area contributed by atoms with Crippen LogP contribution in [-0.4, -0.2) is 48.4 Å². The zero-order chi connectivity index (χ0) is 18.2. The predicted molar refractivity (Wildman–Crippen MR) is 96.2 cm³/mol. The van der Waals surface area contributed by atoms with E-state index in [4.69, 9.17) is 4.42 Å². The molecule has 0 radical (unpaired) electrons. The summed E-state index contributed by atoms with van der Waals surface area (Å²) >= 11 is 0. The van der Waals surface area contributed by atoms with Crippen molar-refractivity contribution in [2.75, 3.05) is 13.1 Å². The fraction of sp³-hybridized carbons (Fsp3) is 0.474. The van der Waals surface area contributed by atoms with Gasteiger partial charge in [0, 0.05) is 37.4 Å². The fourth-order valence-corrected chi connectivity index (χ4v) is 3.89. The van der Waals surface area contributed by atoms with Gasteiger partial charge in [-0.05, 0) is 43.9 Å². The largest absolute Gasteiger partial charge is 0.459 e. The second-order valence-electron chi connectivity index (χ2n) is 7.32. The number of hydrogen-bond acceptors (Lipinski definition) is 5. The van der Waals surface area contributed by atoms with E-state index in [9.17, 15) is 4.79 Å². The normalized spacial score (nSPS) is 18.1. The SMILES string of the molecule is O=C(c1ccco1)N1CCC(c2nnc(Cn3cccn3)n2C2CC2)CC1. The van der Waals surface area contributed by atoms with Crippen LogP contribution in [0.15, 0.2) is 41.3 Å². The summed E-state index contributed by atoms with van der Waals surface area (Å²) < 4.78 is 9.46. The van der Waals surface area contributed by atoms with Crippen LogP contribution in [0, 0.1) is 0 Å². The minimum atomic E-state index is -0.0264. The average Bonchev–Trinajstić information content (AvgIpc) is 3.12. The van der Waals surface area contributed by atoms with Crippen molar-refractivity contribution >= 4 is 5.91 Å². The molecule has 1 aliphatic carbocycles. The molecule has 1 aliphatic heterocycles. The van der Waals surface area contributed by atoms with Gasteiger partial charge in [-0.15, -0.1) is 10.2 Å². The lowest BCUT2D eigenvalue weighted by molar-refractivity contribution is 0.0678. The molecule has 1 saturated carbocycles. The number of carbonyl (C=O) groups is 1. The van der Waals surface area contributed by atoms with Crippen LogP contribution >= 0.6 is 0 Å². The van der Waals surface area contributed by atoms with Gasteiger partial charge in [-0.2, -0.15) is 5.10 Å². The maximum atomic E-state index is 12.5. The highest BCUT2D eigenvalue weighted by molar-refractivity contribution is 5.91. The molecule has 8 nitrogen and oxygen atoms in total. The highest BCUT2D eigenvalue weighted by atomic mass is 16.3. The smallest absolute Gasteiger partial charge is 0.289 e. The summed E-state index contributed by atoms with van der Waals surface area (Å²) in [6, 6.07) is 5.91. The molecule has 27 heavy (non-hydrogen) atoms. The summed E-state index contributed by atoms with van der Waals surface area (Å²) in [5, 5.41) is 13.3. The molecule has 3 aromatic heterocycles. The van der Waals surface area contributed by atoms with E-state index >= 15 is 0 Å². The number of amides is 1. The van der Waals surface area contributed by atoms with Crippen LogP contribution < -0.4 is 0 Å². The van der Waals surface area contributed by atoms with Gasteiger partial charge in [0.2, 0.25) is 0 Å². The number of hydrogen-bond donors (Lipinski definition) is 0. The Kier molecular flexibility index (Phi) is 4.03. The topological polar surface area (TPSA) is 82.0 Å². The lowest BCUT2D eigenvalue weighted by Crippen LogP contribution is -2.38. The van der Waals surface area contributed by atoms with Crippen molar-refractivity contribution in [3.63, 3.8) is 0 Å². The molecule has 0 N–H and O–H groups in total. The van der Waals surface area contributed by atoms with Crippen molar-refractivity contribution < 1.29 is 9.21 Å². The van der Waals surface area contributed by atoms with Gasteiger partial charge < -0.3 is 13.9 Å². The molecule has 140 valence electrons. The van der Waals surface area contributed by atoms with Crippen LogP contribution in [0.3, 0.4) is 0 Å². The molecule has 1 amide bonds. The van der Waals surface area contributed by atoms with Crippen molar-refractivity contribution in [3.05, 3.63) is 54.3 Å². The van der Waals surface area contributed by atoms with Crippen LogP contribution in [0.5, 0.6) is 0 Å². The summed E-state index contributed by atoms with van der Waals surface area (Å²) in [5.74, 6) is 2.78. The summed E-state index contributed by atoms with van der Waals surface area (Å²) in [5.41, 5.74) is 0. The molecule has 1 saturated heterocycles. The van der Waals surface area contributed by atoms with Gasteiger partial charge in [0.1, 0.15) is 12.4 Å². The zero-order valence-electron chi connectivity index (χ0n) is 15.1. The molecule has 5 rings (SSSR count). The Balaban J connectivity index is 1.31. The number of carbonyl (C=O) groups excluding carboxylic acids is 1. The van der Waals surface area contributed by atoms with E-state index in [1.807, 2.05) is 21.8 Å². The van der Waals surface area contributed by atoms with Gasteiger partial charge in [-0.3, -0.25) is 9.48 Å². The molecular weight excluding hydrogens is 344 g/mol. The molecule has 0 atom stereocenters. The molecule has 2 fully saturated rings. The van der Waals surface area contributed by atoms with Crippen LogP contribution in [-0.2, 0) is 6.54 Å². The highest BCUT2D eigenvalue weighted by Gasteiger charge is 2.34. The van der Waals surface area contributed by atoms with Gasteiger partial charge >= 0.3 is 0 Å². The molecule has 2 aliphatic rings. The van der Waals surface area contributed by atoms with Gasteiger partial charge in [-0.1, -0.05) is 0 Å². The Bertz CT molecular complexity index is 902. The van der Waals surface area contributed by atoms with Crippen LogP contribution in [0.2, 0.25) is 0 Å². The van der Waals surface area contributed by atoms with E-state index < -0.39 is 0 Å². The van der Waals surface area contributed by atoms with E-state index in [1.165, 1.54) is 12.8 Å². The van der Waals surface area contributed by atoms with Gasteiger partial charge in [0.05, 0.1) is 6.26 Å². The summed E-state index contributed by atoms with van der Waals surface area (Å²) in [7, 11) is 0. The number of piperidine rings is 1. The Morgan fingerprint density at radius 1 is 1.15 bits per heavy atom. The third kappa shape index (κ3) is 3.15. The molecule has 3 aromatic rings. The minimum absolute atomic E-state index is 0.0264. The molecule has 0 bridgehead atoms. The van der Waals surface area contributed by atoms with Crippen molar-refractivity contribution in [1.29, 1.82) is 0 Å². The Morgan fingerprint density at radius 2 is 2.00 bits per heavy atom. The maximum Gasteiger partial charge on any atom is 0.289 e. The molecule has 8 heteroatoms. The lowest BCUT2D eigenvalue weighted by Gasteiger charge is -2.31. The number of nitrogens with zero attached hydrogens (tertiary/aromatic N) is 6. The predicted octanol–water partition coefficient (Wildman–Crippen LogP) is 2.47. The Morgan fingerprint density at radius 3 is 2.67 bits per heavy atom. The zero-order valence-corrected chi connectivity index (χ0v) is 15.1. The van der Waals surface area contributed by atoms with Crippen molar-refractivity contribution in [2.45, 2.75) is 44.2 Å².